The Morgan fingerprint density at radius 3 is 1.62 bits per heavy atom. The van der Waals surface area contributed by atoms with Crippen molar-refractivity contribution in [3.05, 3.63) is 64.0 Å². The Labute approximate surface area is 221 Å². The number of halogens is 8. The molecule has 5 rings (SSSR count). The highest BCUT2D eigenvalue weighted by atomic mass is 35.5. The van der Waals surface area contributed by atoms with Crippen LogP contribution in [0.3, 0.4) is 0 Å². The zero-order chi connectivity index (χ0) is 22.9. The summed E-state index contributed by atoms with van der Waals surface area (Å²) < 4.78 is 1.16. The van der Waals surface area contributed by atoms with Crippen LogP contribution in [0.25, 0.3) is 46.4 Å². The van der Waals surface area contributed by atoms with Crippen molar-refractivity contribution in [2.24, 2.45) is 0 Å². The van der Waals surface area contributed by atoms with Gasteiger partial charge >= 0.3 is 0 Å². The van der Waals surface area contributed by atoms with Crippen LogP contribution in [-0.4, -0.2) is 19.0 Å². The second-order valence-electron chi connectivity index (χ2n) is 6.70. The molecule has 162 valence electrons. The number of nitrogens with one attached hydrogen (secondary N) is 1. The van der Waals surface area contributed by atoms with E-state index in [2.05, 4.69) is 15.0 Å². The molecule has 0 amide bonds. The summed E-state index contributed by atoms with van der Waals surface area (Å²) in [4.78, 5) is 12.1. The summed E-state index contributed by atoms with van der Waals surface area (Å²) in [5.74, 6) is 0. The van der Waals surface area contributed by atoms with Gasteiger partial charge in [0.25, 0.3) is 0 Å². The minimum absolute atomic E-state index is 0.0877. The van der Waals surface area contributed by atoms with Crippen molar-refractivity contribution in [3.63, 3.8) is 0 Å². The molecule has 5 heterocycles. The van der Waals surface area contributed by atoms with Crippen molar-refractivity contribution < 1.29 is 0 Å². The molecule has 0 aromatic carbocycles. The van der Waals surface area contributed by atoms with Crippen LogP contribution in [0.15, 0.2) is 6.07 Å². The highest BCUT2D eigenvalue weighted by Crippen LogP contribution is 2.43. The van der Waals surface area contributed by atoms with Crippen molar-refractivity contribution in [2.75, 3.05) is 0 Å². The summed E-state index contributed by atoms with van der Waals surface area (Å²) in [5, 5.41) is 1.35. The van der Waals surface area contributed by atoms with Gasteiger partial charge in [-0.25, -0.2) is 14.1 Å². The van der Waals surface area contributed by atoms with Crippen molar-refractivity contribution in [1.82, 2.24) is 19.0 Å². The number of nitrogens with zero attached hydrogens (tertiary/aromatic N) is 3. The van der Waals surface area contributed by atoms with Gasteiger partial charge in [-0.3, -0.25) is 0 Å². The van der Waals surface area contributed by atoms with Crippen LogP contribution >= 0.6 is 93.0 Å². The largest absolute Gasteiger partial charge is 0.352 e. The molecular weight excluding hydrogens is 580 g/mol. The van der Waals surface area contributed by atoms with Crippen molar-refractivity contribution in [2.45, 2.75) is 0 Å². The first kappa shape index (κ1) is 22.7. The Balaban J connectivity index is 2.08. The summed E-state index contributed by atoms with van der Waals surface area (Å²) in [5.41, 5.74) is 3.01. The van der Waals surface area contributed by atoms with E-state index in [-0.39, 0.29) is 36.1 Å². The van der Waals surface area contributed by atoms with Gasteiger partial charge < -0.3 is 4.98 Å². The van der Waals surface area contributed by atoms with Gasteiger partial charge in [0.15, 0.2) is 0 Å². The van der Waals surface area contributed by atoms with Crippen LogP contribution in [0.4, 0.5) is 0 Å². The third-order valence-corrected chi connectivity index (χ3v) is 7.82. The van der Waals surface area contributed by atoms with Crippen molar-refractivity contribution in [3.8, 4) is 0 Å². The SMILES string of the molecule is Clc1c2nc(c(Cl)c3cc(Cl)c([nH]3)c(Cl)c3c(Cl)c(Cl)c(c(Cl)c4nc1C=C4)n3Cl)C=C2. The van der Waals surface area contributed by atoms with E-state index in [0.717, 1.165) is 4.09 Å². The molecule has 32 heavy (non-hydrogen) atoms. The Morgan fingerprint density at radius 2 is 1.06 bits per heavy atom. The number of aromatic amines is 1. The summed E-state index contributed by atoms with van der Waals surface area (Å²) in [6, 6.07) is 1.61. The molecule has 3 aromatic rings. The monoisotopic (exact) mass is 582 g/mol. The van der Waals surface area contributed by atoms with Crippen LogP contribution in [0.2, 0.25) is 35.2 Å². The third-order valence-electron chi connectivity index (χ3n) is 4.82. The molecule has 0 spiro atoms. The van der Waals surface area contributed by atoms with E-state index in [0.29, 0.717) is 43.9 Å². The van der Waals surface area contributed by atoms with E-state index in [1.54, 1.807) is 30.4 Å². The molecule has 2 aliphatic rings. The smallest absolute Gasteiger partial charge is 0.0993 e. The van der Waals surface area contributed by atoms with E-state index in [1.165, 1.54) is 0 Å². The Bertz CT molecular complexity index is 1560. The van der Waals surface area contributed by atoms with E-state index in [4.69, 9.17) is 93.0 Å². The molecule has 3 aromatic heterocycles. The van der Waals surface area contributed by atoms with Crippen LogP contribution in [0.1, 0.15) is 22.8 Å². The lowest BCUT2D eigenvalue weighted by molar-refractivity contribution is 1.27. The van der Waals surface area contributed by atoms with Gasteiger partial charge in [0, 0.05) is 11.8 Å². The maximum Gasteiger partial charge on any atom is 0.0993 e. The fourth-order valence-electron chi connectivity index (χ4n) is 3.29. The van der Waals surface area contributed by atoms with Crippen LogP contribution < -0.4 is 0 Å². The second kappa shape index (κ2) is 8.30. The summed E-state index contributed by atoms with van der Waals surface area (Å²) in [6.07, 6.45) is 6.83. The fourth-order valence-corrected chi connectivity index (χ4v) is 5.76. The number of fused-ring (bicyclic) bond motifs is 8. The number of aromatic nitrogens is 4. The van der Waals surface area contributed by atoms with E-state index in [9.17, 15) is 0 Å². The molecule has 0 radical (unpaired) electrons. The molecule has 2 aliphatic heterocycles. The molecule has 4 nitrogen and oxygen atoms in total. The van der Waals surface area contributed by atoms with Gasteiger partial charge in [-0.1, -0.05) is 81.2 Å². The summed E-state index contributed by atoms with van der Waals surface area (Å²) in [6.45, 7) is 0. The zero-order valence-corrected chi connectivity index (χ0v) is 21.3. The number of H-pyrrole nitrogens is 1. The van der Waals surface area contributed by atoms with Crippen molar-refractivity contribution in [1.29, 1.82) is 0 Å². The van der Waals surface area contributed by atoms with E-state index < -0.39 is 0 Å². The number of hydrogen-bond acceptors (Lipinski definition) is 2. The fraction of sp³-hybridized carbons (Fsp3) is 0. The zero-order valence-electron chi connectivity index (χ0n) is 15.3. The topological polar surface area (TPSA) is 46.5 Å². The van der Waals surface area contributed by atoms with Crippen LogP contribution in [0.5, 0.6) is 0 Å². The first-order chi connectivity index (χ1) is 15.2. The van der Waals surface area contributed by atoms with Gasteiger partial charge in [-0.05, 0) is 30.4 Å². The quantitative estimate of drug-likeness (QED) is 0.197. The first-order valence-corrected chi connectivity index (χ1v) is 11.7. The normalized spacial score (nSPS) is 12.8. The molecule has 0 atom stereocenters. The highest BCUT2D eigenvalue weighted by Gasteiger charge is 2.22. The van der Waals surface area contributed by atoms with Gasteiger partial charge in [-0.15, -0.1) is 0 Å². The van der Waals surface area contributed by atoms with Crippen LogP contribution in [-0.2, 0) is 0 Å². The van der Waals surface area contributed by atoms with Crippen molar-refractivity contribution >= 4 is 139 Å². The van der Waals surface area contributed by atoms with Gasteiger partial charge in [0.05, 0.1) is 80.0 Å². The second-order valence-corrected chi connectivity index (χ2v) is 9.71. The summed E-state index contributed by atoms with van der Waals surface area (Å²) in [7, 11) is 0. The summed E-state index contributed by atoms with van der Waals surface area (Å²) >= 11 is 52.3. The predicted molar refractivity (Wildman–Crippen MR) is 139 cm³/mol. The predicted octanol–water partition coefficient (Wildman–Crippen LogP) is 9.70. The highest BCUT2D eigenvalue weighted by molar-refractivity contribution is 6.53. The molecular formula is C20H6Cl8N4. The standard InChI is InChI=1S/C20H6Cl8N4/c21-6-5-11-13(23)9-2-1-7(29-9)12(22)8-3-4-10(30-8)14(24)19-15(25)16(26)20(32(19)28)17(27)18(6)31-11/h1-5,31H. The Morgan fingerprint density at radius 1 is 0.594 bits per heavy atom. The lowest BCUT2D eigenvalue weighted by atomic mass is 10.3. The Kier molecular flexibility index (Phi) is 5.89. The minimum Gasteiger partial charge on any atom is -0.352 e. The number of hydrogen-bond donors (Lipinski definition) is 1. The van der Waals surface area contributed by atoms with E-state index >= 15 is 0 Å². The van der Waals surface area contributed by atoms with Gasteiger partial charge in [0.1, 0.15) is 0 Å². The third kappa shape index (κ3) is 3.44. The average Bonchev–Trinajstić information content (AvgIpc) is 3.53. The maximum atomic E-state index is 6.65. The van der Waals surface area contributed by atoms with E-state index in [1.807, 2.05) is 0 Å². The lowest BCUT2D eigenvalue weighted by Crippen LogP contribution is -1.85. The molecule has 0 saturated carbocycles. The molecule has 1 N–H and O–H groups in total. The maximum absolute atomic E-state index is 6.65. The Hall–Kier alpha value is -1.08. The number of rotatable bonds is 0. The molecule has 0 saturated heterocycles. The van der Waals surface area contributed by atoms with Crippen LogP contribution in [0, 0.1) is 0 Å². The van der Waals surface area contributed by atoms with Gasteiger partial charge in [0.2, 0.25) is 0 Å². The minimum atomic E-state index is 0.0877. The molecule has 0 fully saturated rings. The molecule has 12 heteroatoms. The average molecular weight is 586 g/mol. The van der Waals surface area contributed by atoms with Gasteiger partial charge in [-0.2, -0.15) is 0 Å². The first-order valence-electron chi connectivity index (χ1n) is 8.73. The lowest BCUT2D eigenvalue weighted by Gasteiger charge is -1.99. The molecule has 8 bridgehead atoms. The molecule has 0 unspecified atom stereocenters. The molecule has 0 aliphatic carbocycles.